The molecule has 5 heteroatoms. The van der Waals surface area contributed by atoms with E-state index in [1.165, 1.54) is 43.6 Å². The molecule has 0 radical (unpaired) electrons. The maximum Gasteiger partial charge on any atom is 0.191 e. The molecule has 4 nitrogen and oxygen atoms in total. The minimum absolute atomic E-state index is 0. The number of aliphatic imine (C=N–C) groups is 1. The topological polar surface area (TPSA) is 39.7 Å². The van der Waals surface area contributed by atoms with E-state index < -0.39 is 0 Å². The van der Waals surface area contributed by atoms with Crippen molar-refractivity contribution in [2.45, 2.75) is 40.2 Å². The first kappa shape index (κ1) is 21.2. The Hall–Kier alpha value is -0.820. The Balaban J connectivity index is 0.00000288. The van der Waals surface area contributed by atoms with Gasteiger partial charge in [0.05, 0.1) is 6.54 Å². The first-order valence-electron chi connectivity index (χ1n) is 9.02. The van der Waals surface area contributed by atoms with Crippen LogP contribution in [0.1, 0.15) is 37.8 Å². The third-order valence-corrected chi connectivity index (χ3v) is 4.48. The van der Waals surface area contributed by atoms with Gasteiger partial charge in [-0.2, -0.15) is 0 Å². The van der Waals surface area contributed by atoms with Crippen molar-refractivity contribution < 1.29 is 0 Å². The van der Waals surface area contributed by atoms with Gasteiger partial charge in [0.2, 0.25) is 0 Å². The van der Waals surface area contributed by atoms with Gasteiger partial charge in [0.1, 0.15) is 0 Å². The van der Waals surface area contributed by atoms with E-state index in [-0.39, 0.29) is 24.0 Å². The lowest BCUT2D eigenvalue weighted by atomic mass is 10.1. The van der Waals surface area contributed by atoms with E-state index in [0.717, 1.165) is 31.5 Å². The van der Waals surface area contributed by atoms with Crippen molar-refractivity contribution in [2.24, 2.45) is 10.9 Å². The number of benzene rings is 1. The van der Waals surface area contributed by atoms with Crippen LogP contribution in [0, 0.1) is 12.8 Å². The SMILES string of the molecule is CCCN1CCC(CNC(=NCc2ccccc2C)NCC)C1.I. The summed E-state index contributed by atoms with van der Waals surface area (Å²) >= 11 is 0. The number of likely N-dealkylation sites (tertiary alicyclic amines) is 1. The first-order valence-corrected chi connectivity index (χ1v) is 9.02. The van der Waals surface area contributed by atoms with E-state index in [0.29, 0.717) is 0 Å². The van der Waals surface area contributed by atoms with Gasteiger partial charge < -0.3 is 15.5 Å². The minimum atomic E-state index is 0. The lowest BCUT2D eigenvalue weighted by molar-refractivity contribution is 0.324. The molecule has 2 rings (SSSR count). The van der Waals surface area contributed by atoms with Gasteiger partial charge in [0.15, 0.2) is 5.96 Å². The fourth-order valence-corrected chi connectivity index (χ4v) is 3.13. The predicted octanol–water partition coefficient (Wildman–Crippen LogP) is 3.40. The van der Waals surface area contributed by atoms with Crippen LogP contribution < -0.4 is 10.6 Å². The Bertz CT molecular complexity index is 504. The molecule has 1 aliphatic heterocycles. The molecule has 1 atom stereocenters. The van der Waals surface area contributed by atoms with Crippen LogP contribution in [0.3, 0.4) is 0 Å². The highest BCUT2D eigenvalue weighted by Crippen LogP contribution is 2.15. The molecule has 0 saturated carbocycles. The van der Waals surface area contributed by atoms with E-state index in [1.54, 1.807) is 0 Å². The molecule has 0 amide bonds. The molecule has 1 saturated heterocycles. The second kappa shape index (κ2) is 11.7. The maximum atomic E-state index is 4.74. The van der Waals surface area contributed by atoms with Crippen molar-refractivity contribution in [1.82, 2.24) is 15.5 Å². The number of aryl methyl sites for hydroxylation is 1. The third kappa shape index (κ3) is 6.97. The molecule has 24 heavy (non-hydrogen) atoms. The summed E-state index contributed by atoms with van der Waals surface area (Å²) in [5.41, 5.74) is 2.60. The van der Waals surface area contributed by atoms with Crippen molar-refractivity contribution in [1.29, 1.82) is 0 Å². The van der Waals surface area contributed by atoms with Crippen molar-refractivity contribution in [3.8, 4) is 0 Å². The zero-order valence-corrected chi connectivity index (χ0v) is 17.7. The van der Waals surface area contributed by atoms with Crippen molar-refractivity contribution >= 4 is 29.9 Å². The molecule has 0 aliphatic carbocycles. The van der Waals surface area contributed by atoms with Gasteiger partial charge in [-0.05, 0) is 56.8 Å². The fraction of sp³-hybridized carbons (Fsp3) is 0.632. The fourth-order valence-electron chi connectivity index (χ4n) is 3.13. The number of nitrogens with one attached hydrogen (secondary N) is 2. The molecule has 0 bridgehead atoms. The molecular formula is C19H33IN4. The van der Waals surface area contributed by atoms with Gasteiger partial charge in [-0.15, -0.1) is 24.0 Å². The Morgan fingerprint density at radius 1 is 1.25 bits per heavy atom. The van der Waals surface area contributed by atoms with Crippen molar-refractivity contribution in [2.75, 3.05) is 32.7 Å². The zero-order chi connectivity index (χ0) is 16.5. The number of guanidine groups is 1. The zero-order valence-electron chi connectivity index (χ0n) is 15.3. The molecule has 0 aromatic heterocycles. The molecule has 1 aromatic carbocycles. The van der Waals surface area contributed by atoms with E-state index >= 15 is 0 Å². The monoisotopic (exact) mass is 444 g/mol. The quantitative estimate of drug-likeness (QED) is 0.385. The van der Waals surface area contributed by atoms with Crippen LogP contribution in [0.15, 0.2) is 29.3 Å². The molecule has 2 N–H and O–H groups in total. The van der Waals surface area contributed by atoms with Crippen LogP contribution in [-0.4, -0.2) is 43.6 Å². The van der Waals surface area contributed by atoms with Crippen LogP contribution in [0.4, 0.5) is 0 Å². The smallest absolute Gasteiger partial charge is 0.191 e. The highest BCUT2D eigenvalue weighted by molar-refractivity contribution is 14.0. The lowest BCUT2D eigenvalue weighted by Crippen LogP contribution is -2.40. The molecule has 0 spiro atoms. The van der Waals surface area contributed by atoms with Crippen LogP contribution >= 0.6 is 24.0 Å². The van der Waals surface area contributed by atoms with Crippen molar-refractivity contribution in [3.63, 3.8) is 0 Å². The summed E-state index contributed by atoms with van der Waals surface area (Å²) in [4.78, 5) is 7.31. The van der Waals surface area contributed by atoms with Gasteiger partial charge in [0, 0.05) is 19.6 Å². The summed E-state index contributed by atoms with van der Waals surface area (Å²) in [5, 5.41) is 6.89. The van der Waals surface area contributed by atoms with Crippen LogP contribution in [0.25, 0.3) is 0 Å². The Morgan fingerprint density at radius 2 is 2.04 bits per heavy atom. The van der Waals surface area contributed by atoms with E-state index in [9.17, 15) is 0 Å². The largest absolute Gasteiger partial charge is 0.357 e. The van der Waals surface area contributed by atoms with Crippen molar-refractivity contribution in [3.05, 3.63) is 35.4 Å². The van der Waals surface area contributed by atoms with Gasteiger partial charge in [-0.25, -0.2) is 4.99 Å². The summed E-state index contributed by atoms with van der Waals surface area (Å²) in [5.74, 6) is 1.67. The molecule has 1 heterocycles. The van der Waals surface area contributed by atoms with E-state index in [1.807, 2.05) is 0 Å². The normalized spacial score (nSPS) is 18.3. The number of hydrogen-bond donors (Lipinski definition) is 2. The number of halogens is 1. The highest BCUT2D eigenvalue weighted by Gasteiger charge is 2.21. The van der Waals surface area contributed by atoms with E-state index in [2.05, 4.69) is 60.6 Å². The second-order valence-electron chi connectivity index (χ2n) is 6.46. The van der Waals surface area contributed by atoms with E-state index in [4.69, 9.17) is 4.99 Å². The Labute approximate surface area is 164 Å². The average molecular weight is 444 g/mol. The summed E-state index contributed by atoms with van der Waals surface area (Å²) in [6.45, 7) is 12.9. The van der Waals surface area contributed by atoms with Crippen LogP contribution in [0.5, 0.6) is 0 Å². The lowest BCUT2D eigenvalue weighted by Gasteiger charge is -2.17. The molecule has 1 fully saturated rings. The third-order valence-electron chi connectivity index (χ3n) is 4.48. The predicted molar refractivity (Wildman–Crippen MR) is 114 cm³/mol. The number of nitrogens with zero attached hydrogens (tertiary/aromatic N) is 2. The second-order valence-corrected chi connectivity index (χ2v) is 6.46. The molecule has 1 unspecified atom stereocenters. The number of hydrogen-bond acceptors (Lipinski definition) is 2. The summed E-state index contributed by atoms with van der Waals surface area (Å²) in [6.07, 6.45) is 2.55. The molecule has 1 aromatic rings. The average Bonchev–Trinajstić information content (AvgIpc) is 2.99. The first-order chi connectivity index (χ1) is 11.2. The Kier molecular flexibility index (Phi) is 10.3. The van der Waals surface area contributed by atoms with Gasteiger partial charge in [0.25, 0.3) is 0 Å². The highest BCUT2D eigenvalue weighted by atomic mass is 127. The molecular weight excluding hydrogens is 411 g/mol. The molecule has 1 aliphatic rings. The summed E-state index contributed by atoms with van der Waals surface area (Å²) in [6, 6.07) is 8.46. The maximum absolute atomic E-state index is 4.74. The Morgan fingerprint density at radius 3 is 2.75 bits per heavy atom. The van der Waals surface area contributed by atoms with Crippen LogP contribution in [-0.2, 0) is 6.54 Å². The molecule has 136 valence electrons. The van der Waals surface area contributed by atoms with Gasteiger partial charge in [-0.3, -0.25) is 0 Å². The summed E-state index contributed by atoms with van der Waals surface area (Å²) in [7, 11) is 0. The van der Waals surface area contributed by atoms with Gasteiger partial charge in [-0.1, -0.05) is 31.2 Å². The standard InChI is InChI=1S/C19H32N4.HI/c1-4-11-23-12-10-17(15-23)13-21-19(20-5-2)22-14-18-9-7-6-8-16(18)3;/h6-9,17H,4-5,10-15H2,1-3H3,(H2,20,21,22);1H. The van der Waals surface area contributed by atoms with Gasteiger partial charge >= 0.3 is 0 Å². The van der Waals surface area contributed by atoms with Crippen LogP contribution in [0.2, 0.25) is 0 Å². The summed E-state index contributed by atoms with van der Waals surface area (Å²) < 4.78 is 0. The number of rotatable bonds is 7. The minimum Gasteiger partial charge on any atom is -0.357 e.